The van der Waals surface area contributed by atoms with Crippen molar-refractivity contribution in [2.24, 2.45) is 0 Å². The Morgan fingerprint density at radius 3 is 2.36 bits per heavy atom. The normalized spacial score (nSPS) is 14.9. The number of carbonyl (C=O) groups is 1. The van der Waals surface area contributed by atoms with Gasteiger partial charge in [-0.15, -0.1) is 0 Å². The van der Waals surface area contributed by atoms with E-state index >= 15 is 0 Å². The minimum atomic E-state index is -0.791. The second kappa shape index (κ2) is 7.76. The van der Waals surface area contributed by atoms with Crippen LogP contribution in [0, 0.1) is 0 Å². The van der Waals surface area contributed by atoms with Crippen molar-refractivity contribution < 1.29 is 19.7 Å². The maximum absolute atomic E-state index is 10.4. The number of unbranched alkanes of at least 4 members (excludes halogenated alkanes) is 1. The van der Waals surface area contributed by atoms with E-state index in [0.717, 1.165) is 12.8 Å². The first-order valence-corrected chi connectivity index (χ1v) is 5.07. The number of rotatable bonds is 7. The SMILES string of the molecule is CCCCC(O)C(O)CCOC(C)=O. The van der Waals surface area contributed by atoms with Crippen LogP contribution in [0.1, 0.15) is 39.5 Å². The van der Waals surface area contributed by atoms with Gasteiger partial charge in [-0.1, -0.05) is 19.8 Å². The molecule has 0 rings (SSSR count). The molecule has 0 heterocycles. The number of ether oxygens (including phenoxy) is 1. The lowest BCUT2D eigenvalue weighted by atomic mass is 10.1. The summed E-state index contributed by atoms with van der Waals surface area (Å²) in [6, 6.07) is 0. The summed E-state index contributed by atoms with van der Waals surface area (Å²) in [6.45, 7) is 3.51. The summed E-state index contributed by atoms with van der Waals surface area (Å²) in [4.78, 5) is 10.4. The zero-order valence-corrected chi connectivity index (χ0v) is 8.90. The van der Waals surface area contributed by atoms with Gasteiger partial charge in [0.2, 0.25) is 0 Å². The maximum Gasteiger partial charge on any atom is 0.302 e. The van der Waals surface area contributed by atoms with Crippen molar-refractivity contribution >= 4 is 5.97 Å². The first-order valence-electron chi connectivity index (χ1n) is 5.07. The molecule has 4 nitrogen and oxygen atoms in total. The number of hydrogen-bond acceptors (Lipinski definition) is 4. The quantitative estimate of drug-likeness (QED) is 0.603. The molecule has 2 unspecified atom stereocenters. The van der Waals surface area contributed by atoms with Gasteiger partial charge >= 0.3 is 5.97 Å². The summed E-state index contributed by atoms with van der Waals surface area (Å²) in [5.74, 6) is -0.361. The van der Waals surface area contributed by atoms with Gasteiger partial charge in [0, 0.05) is 13.3 Å². The average Bonchev–Trinajstić information content (AvgIpc) is 2.13. The Labute approximate surface area is 84.9 Å². The van der Waals surface area contributed by atoms with Gasteiger partial charge < -0.3 is 14.9 Å². The van der Waals surface area contributed by atoms with Crippen molar-refractivity contribution in [3.63, 3.8) is 0 Å². The van der Waals surface area contributed by atoms with Gasteiger partial charge in [-0.2, -0.15) is 0 Å². The van der Waals surface area contributed by atoms with Crippen LogP contribution in [0.15, 0.2) is 0 Å². The molecule has 0 aliphatic heterocycles. The van der Waals surface area contributed by atoms with Crippen molar-refractivity contribution in [3.05, 3.63) is 0 Å². The predicted octanol–water partition coefficient (Wildman–Crippen LogP) is 0.852. The molecule has 0 saturated heterocycles. The Kier molecular flexibility index (Phi) is 7.42. The molecule has 0 aliphatic carbocycles. The van der Waals surface area contributed by atoms with Crippen LogP contribution in [-0.2, 0) is 9.53 Å². The lowest BCUT2D eigenvalue weighted by Gasteiger charge is -2.16. The topological polar surface area (TPSA) is 66.8 Å². The highest BCUT2D eigenvalue weighted by Crippen LogP contribution is 2.07. The van der Waals surface area contributed by atoms with Crippen LogP contribution >= 0.6 is 0 Å². The van der Waals surface area contributed by atoms with E-state index in [0.29, 0.717) is 12.8 Å². The van der Waals surface area contributed by atoms with Gasteiger partial charge in [0.1, 0.15) is 0 Å². The van der Waals surface area contributed by atoms with E-state index in [1.807, 2.05) is 6.92 Å². The fraction of sp³-hybridized carbons (Fsp3) is 0.900. The van der Waals surface area contributed by atoms with Gasteiger partial charge in [0.15, 0.2) is 0 Å². The lowest BCUT2D eigenvalue weighted by molar-refractivity contribution is -0.142. The Bertz CT molecular complexity index is 158. The third-order valence-electron chi connectivity index (χ3n) is 2.02. The van der Waals surface area contributed by atoms with E-state index in [1.165, 1.54) is 6.92 Å². The second-order valence-corrected chi connectivity index (χ2v) is 3.41. The van der Waals surface area contributed by atoms with Crippen LogP contribution in [0.2, 0.25) is 0 Å². The zero-order valence-electron chi connectivity index (χ0n) is 8.90. The summed E-state index contributed by atoms with van der Waals surface area (Å²) in [7, 11) is 0. The minimum Gasteiger partial charge on any atom is -0.466 e. The number of carbonyl (C=O) groups excluding carboxylic acids is 1. The van der Waals surface area contributed by atoms with E-state index in [4.69, 9.17) is 0 Å². The molecule has 14 heavy (non-hydrogen) atoms. The number of hydrogen-bond donors (Lipinski definition) is 2. The standard InChI is InChI=1S/C10H20O4/c1-3-4-5-9(12)10(13)6-7-14-8(2)11/h9-10,12-13H,3-7H2,1-2H3. The molecule has 0 bridgehead atoms. The fourth-order valence-electron chi connectivity index (χ4n) is 1.12. The Morgan fingerprint density at radius 1 is 1.29 bits per heavy atom. The van der Waals surface area contributed by atoms with Crippen LogP contribution < -0.4 is 0 Å². The Hall–Kier alpha value is -0.610. The van der Waals surface area contributed by atoms with Crippen LogP contribution in [0.25, 0.3) is 0 Å². The smallest absolute Gasteiger partial charge is 0.302 e. The Morgan fingerprint density at radius 2 is 1.86 bits per heavy atom. The van der Waals surface area contributed by atoms with Gasteiger partial charge in [-0.3, -0.25) is 4.79 Å². The van der Waals surface area contributed by atoms with E-state index in [-0.39, 0.29) is 12.6 Å². The summed E-state index contributed by atoms with van der Waals surface area (Å²) in [5, 5.41) is 18.8. The molecular formula is C10H20O4. The molecular weight excluding hydrogens is 184 g/mol. The molecule has 0 radical (unpaired) electrons. The highest BCUT2D eigenvalue weighted by molar-refractivity contribution is 5.65. The molecule has 2 atom stereocenters. The van der Waals surface area contributed by atoms with Crippen molar-refractivity contribution in [1.29, 1.82) is 0 Å². The highest BCUT2D eigenvalue weighted by atomic mass is 16.5. The van der Waals surface area contributed by atoms with Crippen LogP contribution in [0.3, 0.4) is 0 Å². The minimum absolute atomic E-state index is 0.166. The first-order chi connectivity index (χ1) is 6.57. The fourth-order valence-corrected chi connectivity index (χ4v) is 1.12. The summed E-state index contributed by atoms with van der Waals surface area (Å²) in [6.07, 6.45) is 1.29. The van der Waals surface area contributed by atoms with Gasteiger partial charge in [-0.25, -0.2) is 0 Å². The van der Waals surface area contributed by atoms with E-state index < -0.39 is 12.2 Å². The molecule has 84 valence electrons. The molecule has 0 aromatic rings. The number of esters is 1. The monoisotopic (exact) mass is 204 g/mol. The first kappa shape index (κ1) is 13.4. The zero-order chi connectivity index (χ0) is 11.0. The van der Waals surface area contributed by atoms with Crippen molar-refractivity contribution in [2.45, 2.75) is 51.7 Å². The van der Waals surface area contributed by atoms with E-state index in [9.17, 15) is 15.0 Å². The number of aliphatic hydroxyl groups excluding tert-OH is 2. The summed E-state index contributed by atoms with van der Waals surface area (Å²) < 4.78 is 4.66. The molecule has 4 heteroatoms. The molecule has 0 aliphatic rings. The predicted molar refractivity (Wildman–Crippen MR) is 52.8 cm³/mol. The third-order valence-corrected chi connectivity index (χ3v) is 2.02. The van der Waals surface area contributed by atoms with Crippen molar-refractivity contribution in [2.75, 3.05) is 6.61 Å². The largest absolute Gasteiger partial charge is 0.466 e. The molecule has 2 N–H and O–H groups in total. The molecule has 0 amide bonds. The second-order valence-electron chi connectivity index (χ2n) is 3.41. The van der Waals surface area contributed by atoms with Gasteiger partial charge in [0.25, 0.3) is 0 Å². The Balaban J connectivity index is 3.50. The van der Waals surface area contributed by atoms with Gasteiger partial charge in [-0.05, 0) is 6.42 Å². The van der Waals surface area contributed by atoms with E-state index in [1.54, 1.807) is 0 Å². The van der Waals surface area contributed by atoms with Gasteiger partial charge in [0.05, 0.1) is 18.8 Å². The van der Waals surface area contributed by atoms with Crippen molar-refractivity contribution in [3.8, 4) is 0 Å². The van der Waals surface area contributed by atoms with Crippen LogP contribution in [0.5, 0.6) is 0 Å². The number of aliphatic hydroxyl groups is 2. The average molecular weight is 204 g/mol. The molecule has 0 spiro atoms. The van der Waals surface area contributed by atoms with E-state index in [2.05, 4.69) is 4.74 Å². The summed E-state index contributed by atoms with van der Waals surface area (Å²) >= 11 is 0. The highest BCUT2D eigenvalue weighted by Gasteiger charge is 2.15. The lowest BCUT2D eigenvalue weighted by Crippen LogP contribution is -2.27. The molecule has 0 aromatic heterocycles. The maximum atomic E-state index is 10.4. The molecule has 0 fully saturated rings. The van der Waals surface area contributed by atoms with Crippen LogP contribution in [0.4, 0.5) is 0 Å². The molecule has 0 aromatic carbocycles. The van der Waals surface area contributed by atoms with Crippen LogP contribution in [-0.4, -0.2) is 35.0 Å². The van der Waals surface area contributed by atoms with Crippen molar-refractivity contribution in [1.82, 2.24) is 0 Å². The molecule has 0 saturated carbocycles. The summed E-state index contributed by atoms with van der Waals surface area (Å²) in [5.41, 5.74) is 0. The third kappa shape index (κ3) is 6.86.